The number of carbonyl (C=O) groups is 1. The van der Waals surface area contributed by atoms with Gasteiger partial charge in [-0.15, -0.1) is 0 Å². The maximum atomic E-state index is 12.9. The minimum atomic E-state index is -0.142. The fourth-order valence-electron chi connectivity index (χ4n) is 11.1. The Bertz CT molecular complexity index is 829. The van der Waals surface area contributed by atoms with E-state index in [1.165, 1.54) is 51.4 Å². The Labute approximate surface area is 204 Å². The normalized spacial score (nSPS) is 55.9. The summed E-state index contributed by atoms with van der Waals surface area (Å²) in [6, 6.07) is 0. The van der Waals surface area contributed by atoms with E-state index in [2.05, 4.69) is 62.3 Å². The summed E-state index contributed by atoms with van der Waals surface area (Å²) in [7, 11) is 0. The molecule has 0 bridgehead atoms. The van der Waals surface area contributed by atoms with Gasteiger partial charge in [0.1, 0.15) is 5.78 Å². The highest BCUT2D eigenvalue weighted by molar-refractivity contribution is 5.85. The van der Waals surface area contributed by atoms with Crippen LogP contribution in [-0.4, -0.2) is 17.0 Å². The van der Waals surface area contributed by atoms with Crippen molar-refractivity contribution in [2.45, 2.75) is 138 Å². The van der Waals surface area contributed by atoms with Gasteiger partial charge in [0.25, 0.3) is 0 Å². The molecule has 5 fully saturated rings. The maximum Gasteiger partial charge on any atom is 0.138 e. The minimum Gasteiger partial charge on any atom is -0.369 e. The summed E-state index contributed by atoms with van der Waals surface area (Å²) in [5.74, 6) is 3.91. The van der Waals surface area contributed by atoms with Gasteiger partial charge in [0.2, 0.25) is 0 Å². The Balaban J connectivity index is 1.46. The third kappa shape index (κ3) is 2.97. The van der Waals surface area contributed by atoms with Crippen molar-refractivity contribution in [1.29, 1.82) is 0 Å². The van der Waals surface area contributed by atoms with Gasteiger partial charge in [-0.25, -0.2) is 0 Å². The molecule has 0 aromatic heterocycles. The molecule has 1 aliphatic heterocycles. The Hall–Kier alpha value is -0.370. The molecule has 4 saturated carbocycles. The van der Waals surface area contributed by atoms with E-state index in [-0.39, 0.29) is 16.6 Å². The highest BCUT2D eigenvalue weighted by Gasteiger charge is 2.70. The van der Waals surface area contributed by atoms with E-state index in [9.17, 15) is 4.79 Å². The molecule has 0 aromatic rings. The summed E-state index contributed by atoms with van der Waals surface area (Å²) < 4.78 is 7.05. The first-order valence-corrected chi connectivity index (χ1v) is 14.4. The van der Waals surface area contributed by atoms with Crippen molar-refractivity contribution in [3.8, 4) is 0 Å². The fraction of sp³-hybridized carbons (Fsp3) is 0.968. The van der Waals surface area contributed by atoms with Crippen molar-refractivity contribution in [3.05, 3.63) is 0 Å². The van der Waals surface area contributed by atoms with E-state index in [0.717, 1.165) is 24.7 Å². The summed E-state index contributed by atoms with van der Waals surface area (Å²) >= 11 is 0. The van der Waals surface area contributed by atoms with Gasteiger partial charge >= 0.3 is 0 Å². The molecule has 33 heavy (non-hydrogen) atoms. The number of hydrogen-bond donors (Lipinski definition) is 0. The van der Waals surface area contributed by atoms with Gasteiger partial charge in [-0.1, -0.05) is 48.5 Å². The number of ether oxygens (including phenoxy) is 1. The topological polar surface area (TPSA) is 26.3 Å². The average molecular weight is 457 g/mol. The molecule has 0 amide bonds. The highest BCUT2D eigenvalue weighted by Crippen LogP contribution is 2.76. The average Bonchev–Trinajstić information content (AvgIpc) is 3.25. The van der Waals surface area contributed by atoms with Crippen LogP contribution in [0.3, 0.4) is 0 Å². The van der Waals surface area contributed by atoms with Crippen LogP contribution < -0.4 is 0 Å². The van der Waals surface area contributed by atoms with Crippen LogP contribution in [0.5, 0.6) is 0 Å². The van der Waals surface area contributed by atoms with Crippen LogP contribution in [0.25, 0.3) is 0 Å². The molecule has 0 radical (unpaired) electrons. The molecule has 4 aliphatic carbocycles. The molecule has 188 valence electrons. The van der Waals surface area contributed by atoms with Crippen LogP contribution in [0.15, 0.2) is 0 Å². The zero-order valence-corrected chi connectivity index (χ0v) is 23.3. The lowest BCUT2D eigenvalue weighted by atomic mass is 9.35. The summed E-state index contributed by atoms with van der Waals surface area (Å²) in [6.07, 6.45) is 12.4. The van der Waals surface area contributed by atoms with Crippen molar-refractivity contribution in [1.82, 2.24) is 0 Å². The van der Waals surface area contributed by atoms with Crippen LogP contribution in [0.2, 0.25) is 0 Å². The number of hydrogen-bond acceptors (Lipinski definition) is 2. The molecule has 2 nitrogen and oxygen atoms in total. The summed E-state index contributed by atoms with van der Waals surface area (Å²) in [5.41, 5.74) is 1.06. The van der Waals surface area contributed by atoms with Gasteiger partial charge in [0.15, 0.2) is 0 Å². The third-order valence-corrected chi connectivity index (χ3v) is 13.7. The van der Waals surface area contributed by atoms with E-state index in [1.54, 1.807) is 0 Å². The summed E-state index contributed by atoms with van der Waals surface area (Å²) in [5, 5.41) is 0. The van der Waals surface area contributed by atoms with Gasteiger partial charge in [-0.3, -0.25) is 4.79 Å². The third-order valence-electron chi connectivity index (χ3n) is 13.7. The molecular formula is C31H52O2. The van der Waals surface area contributed by atoms with E-state index < -0.39 is 0 Å². The zero-order valence-electron chi connectivity index (χ0n) is 23.3. The van der Waals surface area contributed by atoms with E-state index in [0.29, 0.717) is 39.8 Å². The molecule has 1 heterocycles. The predicted octanol–water partition coefficient (Wildman–Crippen LogP) is 8.22. The standard InChI is InChI=1S/C31H52O2/c1-20(2)30(8)18-19-31(9,33-30)22-12-16-28(6)21(22)10-11-24-27(5)15-14-25(32)26(3,4)23(27)13-17-29(24,28)7/h20-24H,10-19H2,1-9H3/t21-,22+,23+,24-,27+,28-,29-,30-,31+/m1/s1. The lowest BCUT2D eigenvalue weighted by Crippen LogP contribution is -2.63. The van der Waals surface area contributed by atoms with Crippen LogP contribution >= 0.6 is 0 Å². The Kier molecular flexibility index (Phi) is 5.24. The number of fused-ring (bicyclic) bond motifs is 5. The first-order chi connectivity index (χ1) is 15.1. The highest BCUT2D eigenvalue weighted by atomic mass is 16.5. The van der Waals surface area contributed by atoms with Gasteiger partial charge in [-0.2, -0.15) is 0 Å². The second kappa shape index (κ2) is 7.10. The monoisotopic (exact) mass is 456 g/mol. The molecule has 5 aliphatic rings. The zero-order chi connectivity index (χ0) is 24.2. The van der Waals surface area contributed by atoms with Crippen LogP contribution in [-0.2, 0) is 9.53 Å². The molecule has 0 unspecified atom stereocenters. The first-order valence-electron chi connectivity index (χ1n) is 14.4. The Morgan fingerprint density at radius 2 is 1.39 bits per heavy atom. The lowest BCUT2D eigenvalue weighted by Gasteiger charge is -2.69. The van der Waals surface area contributed by atoms with Crippen molar-refractivity contribution in [2.24, 2.45) is 51.2 Å². The molecule has 0 N–H and O–H groups in total. The predicted molar refractivity (Wildman–Crippen MR) is 136 cm³/mol. The van der Waals surface area contributed by atoms with Gasteiger partial charge in [0.05, 0.1) is 11.2 Å². The molecular weight excluding hydrogens is 404 g/mol. The molecule has 9 atom stereocenters. The second-order valence-corrected chi connectivity index (χ2v) is 15.3. The molecule has 0 spiro atoms. The van der Waals surface area contributed by atoms with Crippen LogP contribution in [0.4, 0.5) is 0 Å². The summed E-state index contributed by atoms with van der Waals surface area (Å²) in [4.78, 5) is 12.9. The van der Waals surface area contributed by atoms with E-state index in [4.69, 9.17) is 4.74 Å². The van der Waals surface area contributed by atoms with Crippen molar-refractivity contribution >= 4 is 5.78 Å². The Morgan fingerprint density at radius 1 is 0.727 bits per heavy atom. The van der Waals surface area contributed by atoms with Crippen molar-refractivity contribution < 1.29 is 9.53 Å². The smallest absolute Gasteiger partial charge is 0.138 e. The van der Waals surface area contributed by atoms with Gasteiger partial charge in [0, 0.05) is 11.8 Å². The second-order valence-electron chi connectivity index (χ2n) is 15.3. The van der Waals surface area contributed by atoms with E-state index in [1.807, 2.05) is 0 Å². The van der Waals surface area contributed by atoms with Crippen molar-refractivity contribution in [3.63, 3.8) is 0 Å². The quantitative estimate of drug-likeness (QED) is 0.418. The van der Waals surface area contributed by atoms with Crippen LogP contribution in [0.1, 0.15) is 127 Å². The van der Waals surface area contributed by atoms with Gasteiger partial charge in [-0.05, 0) is 117 Å². The number of rotatable bonds is 2. The van der Waals surface area contributed by atoms with Crippen molar-refractivity contribution in [2.75, 3.05) is 0 Å². The molecule has 5 rings (SSSR count). The molecule has 0 aromatic carbocycles. The molecule has 2 heteroatoms. The van der Waals surface area contributed by atoms with Gasteiger partial charge < -0.3 is 4.74 Å². The SMILES string of the molecule is CC(C)[C@@]1(C)CC[C@@](C)([C@H]2CC[C@]3(C)[C@@H]2CC[C@@H]2[C@@]4(C)CCC(=O)C(C)(C)[C@@H]4CC[C@]23C)O1. The lowest BCUT2D eigenvalue weighted by molar-refractivity contribution is -0.211. The fourth-order valence-corrected chi connectivity index (χ4v) is 11.1. The Morgan fingerprint density at radius 3 is 2.03 bits per heavy atom. The van der Waals surface area contributed by atoms with Crippen LogP contribution in [0, 0.1) is 51.2 Å². The number of Topliss-reactive ketones (excluding diaryl/α,β-unsaturated/α-hetero) is 1. The maximum absolute atomic E-state index is 12.9. The largest absolute Gasteiger partial charge is 0.369 e. The first kappa shape index (κ1) is 24.3. The molecule has 1 saturated heterocycles. The summed E-state index contributed by atoms with van der Waals surface area (Å²) in [6.45, 7) is 22.0. The number of ketones is 1. The number of carbonyl (C=O) groups excluding carboxylic acids is 1. The minimum absolute atomic E-state index is 0.0423. The van der Waals surface area contributed by atoms with E-state index >= 15 is 0 Å².